The average molecular weight is 425 g/mol. The van der Waals surface area contributed by atoms with Crippen molar-refractivity contribution in [3.05, 3.63) is 30.0 Å². The summed E-state index contributed by atoms with van der Waals surface area (Å²) >= 11 is 0. The largest absolute Gasteiger partial charge is 0.481 e. The number of nitrogens with one attached hydrogen (secondary N) is 3. The Balaban J connectivity index is 2.14. The van der Waals surface area contributed by atoms with Crippen LogP contribution in [0.4, 0.5) is 10.7 Å². The zero-order valence-electron chi connectivity index (χ0n) is 16.0. The van der Waals surface area contributed by atoms with Gasteiger partial charge >= 0.3 is 6.03 Å². The number of pyridine rings is 1. The summed E-state index contributed by atoms with van der Waals surface area (Å²) in [6.45, 7) is 0. The minimum Gasteiger partial charge on any atom is -0.481 e. The molecule has 14 heteroatoms. The Morgan fingerprint density at radius 1 is 1.10 bits per heavy atom. The molecule has 0 atom stereocenters. The maximum Gasteiger partial charge on any atom is 0.347 e. The smallest absolute Gasteiger partial charge is 0.347 e. The maximum absolute atomic E-state index is 12.5. The molecule has 0 bridgehead atoms. The van der Waals surface area contributed by atoms with Crippen molar-refractivity contribution in [1.29, 1.82) is 0 Å². The van der Waals surface area contributed by atoms with Gasteiger partial charge in [0.25, 0.3) is 15.9 Å². The average Bonchev–Trinajstić information content (AvgIpc) is 2.70. The first-order chi connectivity index (χ1) is 13.7. The number of hydrogen-bond donors (Lipinski definition) is 3. The van der Waals surface area contributed by atoms with Gasteiger partial charge in [0.15, 0.2) is 5.03 Å². The summed E-state index contributed by atoms with van der Waals surface area (Å²) in [7, 11) is 1.21. The molecule has 3 N–H and O–H groups in total. The van der Waals surface area contributed by atoms with E-state index in [0.717, 1.165) is 0 Å². The molecule has 3 amide bonds. The fraction of sp³-hybridized carbons (Fsp3) is 0.267. The number of aromatic nitrogens is 3. The summed E-state index contributed by atoms with van der Waals surface area (Å²) in [5, 5.41) is -0.590. The van der Waals surface area contributed by atoms with E-state index in [1.54, 1.807) is 4.72 Å². The van der Waals surface area contributed by atoms with Crippen LogP contribution < -0.4 is 25.0 Å². The van der Waals surface area contributed by atoms with E-state index in [-0.39, 0.29) is 23.3 Å². The predicted octanol–water partition coefficient (Wildman–Crippen LogP) is -0.394. The van der Waals surface area contributed by atoms with Gasteiger partial charge in [-0.25, -0.2) is 19.9 Å². The van der Waals surface area contributed by atoms with Crippen molar-refractivity contribution in [2.75, 3.05) is 33.7 Å². The molecule has 0 aliphatic heterocycles. The molecule has 0 fully saturated rings. The lowest BCUT2D eigenvalue weighted by Crippen LogP contribution is -2.43. The first-order valence-electron chi connectivity index (χ1n) is 7.90. The van der Waals surface area contributed by atoms with E-state index in [2.05, 4.69) is 25.8 Å². The predicted molar refractivity (Wildman–Crippen MR) is 99.9 cm³/mol. The van der Waals surface area contributed by atoms with E-state index >= 15 is 0 Å². The highest BCUT2D eigenvalue weighted by Gasteiger charge is 2.26. The van der Waals surface area contributed by atoms with E-state index < -0.39 is 27.0 Å². The van der Waals surface area contributed by atoms with E-state index in [0.29, 0.717) is 0 Å². The minimum atomic E-state index is -4.45. The molecule has 0 saturated heterocycles. The summed E-state index contributed by atoms with van der Waals surface area (Å²) < 4.78 is 36.7. The van der Waals surface area contributed by atoms with Crippen molar-refractivity contribution in [3.8, 4) is 11.8 Å². The Kier molecular flexibility index (Phi) is 6.71. The molecule has 2 aromatic heterocycles. The van der Waals surface area contributed by atoms with Crippen LogP contribution in [0.5, 0.6) is 11.8 Å². The van der Waals surface area contributed by atoms with Gasteiger partial charge in [0.2, 0.25) is 17.7 Å². The Hall–Kier alpha value is -3.68. The van der Waals surface area contributed by atoms with E-state index in [1.165, 1.54) is 57.6 Å². The van der Waals surface area contributed by atoms with Gasteiger partial charge < -0.3 is 14.4 Å². The molecular weight excluding hydrogens is 406 g/mol. The molecule has 0 aromatic carbocycles. The maximum atomic E-state index is 12.5. The fourth-order valence-electron chi connectivity index (χ4n) is 1.99. The Morgan fingerprint density at radius 3 is 2.28 bits per heavy atom. The zero-order chi connectivity index (χ0) is 21.6. The van der Waals surface area contributed by atoms with Crippen molar-refractivity contribution in [3.63, 3.8) is 0 Å². The third-order valence-corrected chi connectivity index (χ3v) is 4.56. The van der Waals surface area contributed by atoms with Crippen molar-refractivity contribution in [1.82, 2.24) is 30.0 Å². The molecule has 2 aromatic rings. The lowest BCUT2D eigenvalue weighted by atomic mass is 10.2. The summed E-state index contributed by atoms with van der Waals surface area (Å²) in [5.41, 5.74) is 4.19. The van der Waals surface area contributed by atoms with Crippen LogP contribution in [0, 0.1) is 0 Å². The molecule has 0 aliphatic rings. The molecule has 29 heavy (non-hydrogen) atoms. The number of sulfonamides is 1. The van der Waals surface area contributed by atoms with Crippen molar-refractivity contribution < 1.29 is 27.5 Å². The molecule has 2 heterocycles. The van der Waals surface area contributed by atoms with Crippen LogP contribution in [-0.4, -0.2) is 68.5 Å². The number of carbonyl (C=O) groups is 2. The van der Waals surface area contributed by atoms with Crippen LogP contribution >= 0.6 is 0 Å². The van der Waals surface area contributed by atoms with Gasteiger partial charge in [0.05, 0.1) is 25.8 Å². The second kappa shape index (κ2) is 9.01. The number of ether oxygens (including phenoxy) is 2. The lowest BCUT2D eigenvalue weighted by Gasteiger charge is -2.14. The number of carbonyl (C=O) groups excluding carboxylic acids is 2. The van der Waals surface area contributed by atoms with Crippen LogP contribution in [0.3, 0.4) is 0 Å². The van der Waals surface area contributed by atoms with Crippen LogP contribution in [0.2, 0.25) is 0 Å². The highest BCUT2D eigenvalue weighted by atomic mass is 32.2. The molecule has 156 valence electrons. The number of nitrogens with zero attached hydrogens (tertiary/aromatic N) is 4. The van der Waals surface area contributed by atoms with Crippen molar-refractivity contribution in [2.45, 2.75) is 5.03 Å². The van der Waals surface area contributed by atoms with E-state index in [9.17, 15) is 18.0 Å². The third kappa shape index (κ3) is 5.41. The van der Waals surface area contributed by atoms with Crippen LogP contribution in [-0.2, 0) is 10.0 Å². The van der Waals surface area contributed by atoms with Gasteiger partial charge in [-0.15, -0.1) is 0 Å². The second-order valence-electron chi connectivity index (χ2n) is 5.52. The monoisotopic (exact) mass is 425 g/mol. The number of urea groups is 1. The highest BCUT2D eigenvalue weighted by molar-refractivity contribution is 7.90. The molecule has 0 radical (unpaired) electrons. The van der Waals surface area contributed by atoms with Gasteiger partial charge in [0.1, 0.15) is 0 Å². The minimum absolute atomic E-state index is 0.116. The zero-order valence-corrected chi connectivity index (χ0v) is 16.8. The van der Waals surface area contributed by atoms with Gasteiger partial charge in [0, 0.05) is 20.3 Å². The summed E-state index contributed by atoms with van der Waals surface area (Å²) in [6, 6.07) is 2.94. The molecule has 0 saturated carbocycles. The van der Waals surface area contributed by atoms with E-state index in [4.69, 9.17) is 9.47 Å². The van der Waals surface area contributed by atoms with Gasteiger partial charge in [-0.2, -0.15) is 18.4 Å². The fourth-order valence-corrected chi connectivity index (χ4v) is 3.02. The van der Waals surface area contributed by atoms with Crippen LogP contribution in [0.25, 0.3) is 0 Å². The standard InChI is InChI=1S/C15H19N7O6S/c1-22(2)13(23)9-6-5-7-16-12(9)29(25,26)21-15(24)20-19-14-17-10(27-3)8-11(18-14)28-4/h5-8H,1-4H3,(H,17,18,19)(H2,20,21,24). The number of hydrogen-bond acceptors (Lipinski definition) is 10. The molecule has 13 nitrogen and oxygen atoms in total. The Bertz CT molecular complexity index is 990. The van der Waals surface area contributed by atoms with Crippen molar-refractivity contribution in [2.24, 2.45) is 0 Å². The summed E-state index contributed by atoms with van der Waals surface area (Å²) in [6.07, 6.45) is 1.19. The third-order valence-electron chi connectivity index (χ3n) is 3.27. The summed E-state index contributed by atoms with van der Waals surface area (Å²) in [5.74, 6) is -0.409. The van der Waals surface area contributed by atoms with Gasteiger partial charge in [-0.1, -0.05) is 0 Å². The normalized spacial score (nSPS) is 10.6. The number of amides is 3. The highest BCUT2D eigenvalue weighted by Crippen LogP contribution is 2.17. The molecule has 0 unspecified atom stereocenters. The quantitative estimate of drug-likeness (QED) is 0.497. The lowest BCUT2D eigenvalue weighted by molar-refractivity contribution is 0.0823. The first kappa shape index (κ1) is 21.6. The topological polar surface area (TPSA) is 165 Å². The number of anilines is 1. The molecule has 0 aliphatic carbocycles. The van der Waals surface area contributed by atoms with Crippen LogP contribution in [0.1, 0.15) is 10.4 Å². The van der Waals surface area contributed by atoms with Gasteiger partial charge in [-0.05, 0) is 12.1 Å². The second-order valence-corrected chi connectivity index (χ2v) is 7.11. The first-order valence-corrected chi connectivity index (χ1v) is 9.38. The SMILES string of the molecule is COc1cc(OC)nc(NNC(=O)NS(=O)(=O)c2ncccc2C(=O)N(C)C)n1. The number of hydrazine groups is 1. The van der Waals surface area contributed by atoms with Crippen molar-refractivity contribution >= 4 is 27.9 Å². The Labute approximate surface area is 166 Å². The van der Waals surface area contributed by atoms with Gasteiger partial charge in [-0.3, -0.25) is 10.2 Å². The summed E-state index contributed by atoms with van der Waals surface area (Å²) in [4.78, 5) is 36.9. The number of methoxy groups -OCH3 is 2. The molecule has 0 spiro atoms. The molecule has 2 rings (SSSR count). The van der Waals surface area contributed by atoms with E-state index in [1.807, 2.05) is 0 Å². The Morgan fingerprint density at radius 2 is 1.72 bits per heavy atom. The molecular formula is C15H19N7O6S. The number of rotatable bonds is 7. The van der Waals surface area contributed by atoms with Crippen LogP contribution in [0.15, 0.2) is 29.4 Å².